The van der Waals surface area contributed by atoms with Crippen LogP contribution in [0.25, 0.3) is 0 Å². The molecule has 0 bridgehead atoms. The predicted molar refractivity (Wildman–Crippen MR) is 177 cm³/mol. The van der Waals surface area contributed by atoms with Gasteiger partial charge in [0.05, 0.1) is 19.3 Å². The fraction of sp³-hybridized carbons (Fsp3) is 0.581. The lowest BCUT2D eigenvalue weighted by Gasteiger charge is -2.33. The Morgan fingerprint density at radius 2 is 1.82 bits per heavy atom. The zero-order valence-corrected chi connectivity index (χ0v) is 26.7. The number of rotatable bonds is 18. The number of aryl methyl sites for hydroxylation is 1. The van der Waals surface area contributed by atoms with Crippen molar-refractivity contribution < 1.29 is 23.0 Å². The van der Waals surface area contributed by atoms with Crippen molar-refractivity contribution in [1.29, 1.82) is 2.67 Å². The number of hydrogen-bond donors (Lipinski definition) is 1. The van der Waals surface area contributed by atoms with Crippen LogP contribution in [0.3, 0.4) is 0 Å². The molecule has 5 nitrogen and oxygen atoms in total. The first-order valence-corrected chi connectivity index (χ1v) is 15.3. The van der Waals surface area contributed by atoms with Gasteiger partial charge in [0, 0.05) is 23.7 Å². The van der Waals surface area contributed by atoms with Gasteiger partial charge in [-0.2, -0.15) is 0 Å². The summed E-state index contributed by atoms with van der Waals surface area (Å²) in [5, 5.41) is 9.50. The molecular formula is C31H50B2O5S2. The van der Waals surface area contributed by atoms with Crippen LogP contribution in [-0.2, 0) is 17.9 Å². The molecule has 0 aliphatic carbocycles. The molecule has 0 aromatic heterocycles. The standard InChI is InChI=1S/C12H22BO3S.C12H20BO2S.C7H8/c1-4-6-10(14)7-5-8-11(15)12(2,3)9-16-17-13;1-4-6-10-7-5-8-11(15-10)12(2,3)9-14-16-13;1-7-5-3-2-4-6-7/h4,10,13-14H,1,5-9H2,2-3H3;4,8,10,13H,1,5-7,9H2,2-3H3;2-6H,1H3/t2*10-;/m11./s1/i2*13T;. The zero-order valence-electron chi connectivity index (χ0n) is 27.1. The summed E-state index contributed by atoms with van der Waals surface area (Å²) in [6, 6.07) is 10.3. The first-order chi connectivity index (χ1) is 19.9. The summed E-state index contributed by atoms with van der Waals surface area (Å²) in [7, 11) is 2.28. The van der Waals surface area contributed by atoms with Gasteiger partial charge in [0.25, 0.3) is 0 Å². The van der Waals surface area contributed by atoms with E-state index in [1.165, 1.54) is 12.7 Å². The minimum absolute atomic E-state index is 0.124. The van der Waals surface area contributed by atoms with E-state index in [2.05, 4.69) is 52.1 Å². The Hall–Kier alpha value is -1.38. The van der Waals surface area contributed by atoms with Gasteiger partial charge in [-0.15, -0.1) is 13.2 Å². The van der Waals surface area contributed by atoms with Crippen molar-refractivity contribution in [3.63, 3.8) is 0 Å². The van der Waals surface area contributed by atoms with Crippen LogP contribution in [-0.4, -0.2) is 53.2 Å². The highest BCUT2D eigenvalue weighted by Crippen LogP contribution is 2.34. The molecule has 1 aliphatic rings. The maximum Gasteiger partial charge on any atom is 0.209 e. The number of carbonyl (C=O) groups is 1. The maximum absolute atomic E-state index is 12.0. The molecule has 222 valence electrons. The lowest BCUT2D eigenvalue weighted by Crippen LogP contribution is -2.28. The molecule has 1 aliphatic heterocycles. The number of benzene rings is 1. The van der Waals surface area contributed by atoms with E-state index in [1.807, 2.05) is 38.1 Å². The summed E-state index contributed by atoms with van der Waals surface area (Å²) in [5.74, 6) is 1.13. The lowest BCUT2D eigenvalue weighted by molar-refractivity contribution is -0.128. The van der Waals surface area contributed by atoms with E-state index in [-0.39, 0.29) is 17.3 Å². The van der Waals surface area contributed by atoms with Crippen LogP contribution < -0.4 is 0 Å². The average molecular weight is 593 g/mol. The summed E-state index contributed by atoms with van der Waals surface area (Å²) in [6.45, 7) is 18.1. The van der Waals surface area contributed by atoms with Crippen molar-refractivity contribution in [3.05, 3.63) is 73.0 Å². The Balaban J connectivity index is 0.000000651. The molecule has 2 radical (unpaired) electrons. The van der Waals surface area contributed by atoms with Crippen molar-refractivity contribution in [3.8, 4) is 0 Å². The molecule has 2 rings (SSSR count). The van der Waals surface area contributed by atoms with Gasteiger partial charge >= 0.3 is 0 Å². The minimum Gasteiger partial charge on any atom is -0.494 e. The van der Waals surface area contributed by atoms with Gasteiger partial charge in [0.15, 0.2) is 0 Å². The van der Waals surface area contributed by atoms with E-state index in [0.29, 0.717) is 38.9 Å². The summed E-state index contributed by atoms with van der Waals surface area (Å²) in [4.78, 5) is 12.0. The third-order valence-electron chi connectivity index (χ3n) is 6.26. The minimum atomic E-state index is -0.542. The molecule has 40 heavy (non-hydrogen) atoms. The van der Waals surface area contributed by atoms with Crippen LogP contribution in [0, 0.1) is 17.8 Å². The normalized spacial score (nSPS) is 16.1. The van der Waals surface area contributed by atoms with Gasteiger partial charge in [0.2, 0.25) is 14.2 Å². The van der Waals surface area contributed by atoms with Gasteiger partial charge in [-0.3, -0.25) is 4.79 Å². The Morgan fingerprint density at radius 3 is 2.38 bits per heavy atom. The van der Waals surface area contributed by atoms with Crippen LogP contribution in [0.15, 0.2) is 67.5 Å². The van der Waals surface area contributed by atoms with Crippen LogP contribution >= 0.6 is 23.8 Å². The van der Waals surface area contributed by atoms with E-state index in [4.69, 9.17) is 15.8 Å². The number of ether oxygens (including phenoxy) is 1. The molecule has 0 fully saturated rings. The van der Waals surface area contributed by atoms with Crippen molar-refractivity contribution >= 4 is 43.7 Å². The second kappa shape index (κ2) is 22.2. The fourth-order valence-electron chi connectivity index (χ4n) is 3.67. The average Bonchev–Trinajstić information content (AvgIpc) is 2.95. The molecular weight excluding hydrogens is 538 g/mol. The second-order valence-corrected chi connectivity index (χ2v) is 11.9. The molecule has 9 heteroatoms. The summed E-state index contributed by atoms with van der Waals surface area (Å²) >= 11 is 1.98. The zero-order chi connectivity index (χ0) is 31.9. The van der Waals surface area contributed by atoms with Gasteiger partial charge in [-0.1, -0.05) is 99.5 Å². The van der Waals surface area contributed by atoms with Crippen LogP contribution in [0.4, 0.5) is 0 Å². The van der Waals surface area contributed by atoms with Gasteiger partial charge in [0.1, 0.15) is 17.6 Å². The largest absolute Gasteiger partial charge is 0.494 e. The Labute approximate surface area is 257 Å². The van der Waals surface area contributed by atoms with E-state index < -0.39 is 11.5 Å². The topological polar surface area (TPSA) is 65.0 Å². The molecule has 1 aromatic rings. The Kier molecular flexibility index (Phi) is 19.4. The number of carbonyl (C=O) groups excluding carboxylic acids is 1. The number of hydrogen-bond acceptors (Lipinski definition) is 7. The molecule has 1 N–H and O–H groups in total. The highest BCUT2D eigenvalue weighted by molar-refractivity contribution is 8.16. The van der Waals surface area contributed by atoms with Crippen molar-refractivity contribution in [2.75, 3.05) is 13.2 Å². The first-order valence-electron chi connectivity index (χ1n) is 14.9. The highest BCUT2D eigenvalue weighted by Gasteiger charge is 2.29. The number of aliphatic hydroxyl groups excluding tert-OH is 1. The fourth-order valence-corrected chi connectivity index (χ4v) is 4.40. The first kappa shape index (κ1) is 34.8. The maximum atomic E-state index is 12.0. The SMILES string of the molecule is Cc1ccccc1.[3H][B]SOCC(C)(C)C(=O)CCC[C@H](O)CC=C.[3H][B]SOCC(C)(C)C1=CCC[C@@H](CC=C)O1. The number of aliphatic hydroxyl groups is 1. The van der Waals surface area contributed by atoms with Crippen LogP contribution in [0.1, 0.15) is 78.2 Å². The van der Waals surface area contributed by atoms with Gasteiger partial charge in [-0.05, 0) is 47.8 Å². The van der Waals surface area contributed by atoms with Crippen LogP contribution in [0.5, 0.6) is 0 Å². The van der Waals surface area contributed by atoms with Crippen LogP contribution in [0.2, 0.25) is 0 Å². The molecule has 0 spiro atoms. The summed E-state index contributed by atoms with van der Waals surface area (Å²) in [6.07, 6.45) is 10.9. The van der Waals surface area contributed by atoms with Gasteiger partial charge in [-0.25, -0.2) is 0 Å². The molecule has 1 heterocycles. The number of ketones is 1. The van der Waals surface area contributed by atoms with E-state index in [0.717, 1.165) is 55.9 Å². The number of allylic oxidation sites excluding steroid dienone is 1. The van der Waals surface area contributed by atoms with E-state index in [1.54, 1.807) is 6.08 Å². The monoisotopic (exact) mass is 592 g/mol. The highest BCUT2D eigenvalue weighted by atomic mass is 32.2. The smallest absolute Gasteiger partial charge is 0.209 e. The predicted octanol–water partition coefficient (Wildman–Crippen LogP) is 7.30. The van der Waals surface area contributed by atoms with Crippen molar-refractivity contribution in [2.45, 2.75) is 91.8 Å². The number of Topliss-reactive ketones (excluding diaryl/α,β-unsaturated/α-hetero) is 1. The molecule has 2 atom stereocenters. The quantitative estimate of drug-likeness (QED) is 0.0831. The van der Waals surface area contributed by atoms with E-state index in [9.17, 15) is 9.90 Å². The van der Waals surface area contributed by atoms with E-state index >= 15 is 0 Å². The molecule has 0 saturated heterocycles. The third kappa shape index (κ3) is 18.1. The van der Waals surface area contributed by atoms with Gasteiger partial charge < -0.3 is 18.2 Å². The second-order valence-electron chi connectivity index (χ2n) is 11.0. The molecule has 0 amide bonds. The summed E-state index contributed by atoms with van der Waals surface area (Å²) in [5.41, 5.74) is 0.636. The Morgan fingerprint density at radius 1 is 1.18 bits per heavy atom. The lowest BCUT2D eigenvalue weighted by atomic mass is 9.86. The van der Waals surface area contributed by atoms with Crippen molar-refractivity contribution in [1.82, 2.24) is 0 Å². The Bertz CT molecular complexity index is 905. The molecule has 0 saturated carbocycles. The molecule has 0 unspecified atom stereocenters. The molecule has 1 aromatic carbocycles. The summed E-state index contributed by atoms with van der Waals surface area (Å²) < 4.78 is 30.1. The third-order valence-corrected chi connectivity index (χ3v) is 6.77. The van der Waals surface area contributed by atoms with Crippen molar-refractivity contribution in [2.24, 2.45) is 10.8 Å².